The Morgan fingerprint density at radius 2 is 1.53 bits per heavy atom. The Labute approximate surface area is 185 Å². The molecular weight excluding hydrogens is 394 g/mol. The Morgan fingerprint density at radius 1 is 0.867 bits per heavy atom. The van der Waals surface area contributed by atoms with Gasteiger partial charge in [0, 0.05) is 43.2 Å². The molecule has 30 heavy (non-hydrogen) atoms. The fourth-order valence-electron chi connectivity index (χ4n) is 3.87. The summed E-state index contributed by atoms with van der Waals surface area (Å²) in [6.07, 6.45) is 0.570. The summed E-state index contributed by atoms with van der Waals surface area (Å²) in [4.78, 5) is 0. The van der Waals surface area contributed by atoms with Gasteiger partial charge in [-0.05, 0) is 60.9 Å². The van der Waals surface area contributed by atoms with Gasteiger partial charge in [-0.2, -0.15) is 0 Å². The summed E-state index contributed by atoms with van der Waals surface area (Å²) in [6, 6.07) is 23.5. The van der Waals surface area contributed by atoms with Crippen molar-refractivity contribution >= 4 is 22.4 Å². The van der Waals surface area contributed by atoms with Crippen LogP contribution in [0.3, 0.4) is 0 Å². The molecule has 0 aliphatic rings. The molecule has 0 aliphatic heterocycles. The molecule has 0 heterocycles. The van der Waals surface area contributed by atoms with Gasteiger partial charge in [-0.25, -0.2) is 0 Å². The first-order valence-electron chi connectivity index (χ1n) is 10.8. The van der Waals surface area contributed by atoms with Crippen LogP contribution in [0.1, 0.15) is 44.2 Å². The van der Waals surface area contributed by atoms with Gasteiger partial charge in [-0.1, -0.05) is 60.1 Å². The molecule has 0 spiro atoms. The second-order valence-corrected chi connectivity index (χ2v) is 8.02. The van der Waals surface area contributed by atoms with Gasteiger partial charge in [-0.15, -0.1) is 0 Å². The molecule has 0 aliphatic carbocycles. The fraction of sp³-hybridized carbons (Fsp3) is 0.385. The first-order chi connectivity index (χ1) is 14.6. The van der Waals surface area contributed by atoms with Crippen molar-refractivity contribution in [2.75, 3.05) is 13.2 Å². The van der Waals surface area contributed by atoms with Crippen molar-refractivity contribution in [3.05, 3.63) is 82.9 Å². The van der Waals surface area contributed by atoms with E-state index in [4.69, 9.17) is 21.1 Å². The van der Waals surface area contributed by atoms with Crippen LogP contribution < -0.4 is 5.32 Å². The Hall–Kier alpha value is -1.91. The molecule has 0 fully saturated rings. The van der Waals surface area contributed by atoms with Crippen LogP contribution in [0, 0.1) is 0 Å². The van der Waals surface area contributed by atoms with Gasteiger partial charge in [0.05, 0.1) is 0 Å². The van der Waals surface area contributed by atoms with Crippen LogP contribution in [-0.4, -0.2) is 25.5 Å². The molecular formula is C26H32ClNO2. The van der Waals surface area contributed by atoms with Gasteiger partial charge in [0.25, 0.3) is 0 Å². The predicted octanol–water partition coefficient (Wildman–Crippen LogP) is 6.54. The minimum Gasteiger partial charge on any atom is -0.353 e. The highest BCUT2D eigenvalue weighted by Gasteiger charge is 2.24. The van der Waals surface area contributed by atoms with E-state index in [2.05, 4.69) is 66.8 Å². The number of ether oxygens (including phenoxy) is 2. The van der Waals surface area contributed by atoms with E-state index in [-0.39, 0.29) is 18.2 Å². The molecule has 0 bridgehead atoms. The number of benzene rings is 3. The molecule has 2 atom stereocenters. The first kappa shape index (κ1) is 22.8. The number of hydrogen-bond donors (Lipinski definition) is 1. The average Bonchev–Trinajstić information content (AvgIpc) is 2.76. The zero-order valence-corrected chi connectivity index (χ0v) is 18.9. The summed E-state index contributed by atoms with van der Waals surface area (Å²) in [5, 5.41) is 7.01. The standard InChI is InChI=1S/C26H32ClNO2/c1-4-29-26(30-5-2)17-25(22-12-14-24(27)15-13-22)19(3)28-18-20-10-11-21-8-6-7-9-23(21)16-20/h6-16,19,25-26,28H,4-5,17-18H2,1-3H3. The van der Waals surface area contributed by atoms with Crippen LogP contribution in [0.5, 0.6) is 0 Å². The van der Waals surface area contributed by atoms with Crippen molar-refractivity contribution in [3.8, 4) is 0 Å². The molecule has 4 heteroatoms. The van der Waals surface area contributed by atoms with Gasteiger partial charge < -0.3 is 14.8 Å². The minimum atomic E-state index is -0.217. The van der Waals surface area contributed by atoms with E-state index in [0.717, 1.165) is 18.0 Å². The lowest BCUT2D eigenvalue weighted by molar-refractivity contribution is -0.143. The van der Waals surface area contributed by atoms with Crippen LogP contribution in [-0.2, 0) is 16.0 Å². The highest BCUT2D eigenvalue weighted by atomic mass is 35.5. The highest BCUT2D eigenvalue weighted by molar-refractivity contribution is 6.30. The highest BCUT2D eigenvalue weighted by Crippen LogP contribution is 2.28. The number of rotatable bonds is 11. The normalized spacial score (nSPS) is 13.6. The average molecular weight is 426 g/mol. The molecule has 3 aromatic rings. The molecule has 1 N–H and O–H groups in total. The number of fused-ring (bicyclic) bond motifs is 1. The maximum Gasteiger partial charge on any atom is 0.158 e. The second kappa shape index (κ2) is 11.5. The quantitative estimate of drug-likeness (QED) is 0.353. The molecule has 0 amide bonds. The topological polar surface area (TPSA) is 30.5 Å². The lowest BCUT2D eigenvalue weighted by Gasteiger charge is -2.29. The maximum atomic E-state index is 6.13. The molecule has 2 unspecified atom stereocenters. The summed E-state index contributed by atoms with van der Waals surface area (Å²) in [5.41, 5.74) is 2.52. The minimum absolute atomic E-state index is 0.217. The van der Waals surface area contributed by atoms with Crippen molar-refractivity contribution in [1.82, 2.24) is 5.32 Å². The molecule has 0 aromatic heterocycles. The van der Waals surface area contributed by atoms with Gasteiger partial charge in [0.15, 0.2) is 6.29 Å². The van der Waals surface area contributed by atoms with Crippen molar-refractivity contribution in [3.63, 3.8) is 0 Å². The second-order valence-electron chi connectivity index (χ2n) is 7.59. The van der Waals surface area contributed by atoms with E-state index in [1.807, 2.05) is 26.0 Å². The predicted molar refractivity (Wildman–Crippen MR) is 126 cm³/mol. The molecule has 3 rings (SSSR count). The summed E-state index contributed by atoms with van der Waals surface area (Å²) < 4.78 is 11.7. The van der Waals surface area contributed by atoms with E-state index < -0.39 is 0 Å². The lowest BCUT2D eigenvalue weighted by atomic mass is 9.89. The van der Waals surface area contributed by atoms with Crippen LogP contribution >= 0.6 is 11.6 Å². The van der Waals surface area contributed by atoms with Crippen molar-refractivity contribution < 1.29 is 9.47 Å². The van der Waals surface area contributed by atoms with Crippen LogP contribution in [0.4, 0.5) is 0 Å². The first-order valence-corrected chi connectivity index (χ1v) is 11.2. The van der Waals surface area contributed by atoms with Gasteiger partial charge >= 0.3 is 0 Å². The zero-order valence-electron chi connectivity index (χ0n) is 18.1. The van der Waals surface area contributed by atoms with Gasteiger partial charge in [-0.3, -0.25) is 0 Å². The summed E-state index contributed by atoms with van der Waals surface area (Å²) in [5.74, 6) is 0.242. The van der Waals surface area contributed by atoms with E-state index in [0.29, 0.717) is 13.2 Å². The van der Waals surface area contributed by atoms with Crippen LogP contribution in [0.15, 0.2) is 66.7 Å². The Kier molecular flexibility index (Phi) is 8.71. The number of halogens is 1. The van der Waals surface area contributed by atoms with E-state index >= 15 is 0 Å². The molecule has 0 saturated carbocycles. The van der Waals surface area contributed by atoms with E-state index in [1.165, 1.54) is 21.9 Å². The van der Waals surface area contributed by atoms with Crippen molar-refractivity contribution in [2.45, 2.75) is 52.0 Å². The smallest absolute Gasteiger partial charge is 0.158 e. The number of hydrogen-bond acceptors (Lipinski definition) is 3. The fourth-order valence-corrected chi connectivity index (χ4v) is 4.00. The molecule has 160 valence electrons. The Balaban J connectivity index is 1.74. The maximum absolute atomic E-state index is 6.13. The third-order valence-electron chi connectivity index (χ3n) is 5.50. The van der Waals surface area contributed by atoms with E-state index in [9.17, 15) is 0 Å². The third-order valence-corrected chi connectivity index (χ3v) is 5.75. The Bertz CT molecular complexity index is 906. The van der Waals surface area contributed by atoms with Crippen molar-refractivity contribution in [2.24, 2.45) is 0 Å². The zero-order chi connectivity index (χ0) is 21.3. The largest absolute Gasteiger partial charge is 0.353 e. The van der Waals surface area contributed by atoms with Crippen LogP contribution in [0.2, 0.25) is 5.02 Å². The monoisotopic (exact) mass is 425 g/mol. The van der Waals surface area contributed by atoms with Gasteiger partial charge in [0.1, 0.15) is 0 Å². The Morgan fingerprint density at radius 3 is 2.20 bits per heavy atom. The molecule has 3 aromatic carbocycles. The lowest BCUT2D eigenvalue weighted by Crippen LogP contribution is -2.35. The molecule has 3 nitrogen and oxygen atoms in total. The van der Waals surface area contributed by atoms with Crippen LogP contribution in [0.25, 0.3) is 10.8 Å². The molecule has 0 saturated heterocycles. The van der Waals surface area contributed by atoms with E-state index in [1.54, 1.807) is 0 Å². The summed E-state index contributed by atoms with van der Waals surface area (Å²) >= 11 is 6.13. The van der Waals surface area contributed by atoms with Gasteiger partial charge in [0.2, 0.25) is 0 Å². The summed E-state index contributed by atoms with van der Waals surface area (Å²) in [6.45, 7) is 8.32. The molecule has 0 radical (unpaired) electrons. The third kappa shape index (κ3) is 6.29. The SMILES string of the molecule is CCOC(CC(c1ccc(Cl)cc1)C(C)NCc1ccc2ccccc2c1)OCC. The van der Waals surface area contributed by atoms with Crippen molar-refractivity contribution in [1.29, 1.82) is 0 Å². The summed E-state index contributed by atoms with van der Waals surface area (Å²) in [7, 11) is 0. The number of nitrogens with one attached hydrogen (secondary N) is 1.